The molecule has 0 aliphatic carbocycles. The summed E-state index contributed by atoms with van der Waals surface area (Å²) in [6.45, 7) is 0.380. The van der Waals surface area contributed by atoms with E-state index in [1.54, 1.807) is 29.2 Å². The maximum absolute atomic E-state index is 13.3. The Morgan fingerprint density at radius 2 is 2.10 bits per heavy atom. The van der Waals surface area contributed by atoms with E-state index in [9.17, 15) is 14.3 Å². The molecule has 0 aromatic heterocycles. The minimum Gasteiger partial charge on any atom is -0.388 e. The molecule has 2 aromatic carbocycles. The summed E-state index contributed by atoms with van der Waals surface area (Å²) in [5.41, 5.74) is 1.45. The minimum atomic E-state index is -0.751. The Balaban J connectivity index is 2.01. The molecule has 1 amide bonds. The number of hydrogen-bond acceptors (Lipinski definition) is 2. The van der Waals surface area contributed by atoms with Crippen LogP contribution >= 0.6 is 11.6 Å². The number of nitrogens with zero attached hydrogens (tertiary/aromatic N) is 1. The van der Waals surface area contributed by atoms with E-state index in [2.05, 4.69) is 0 Å². The smallest absolute Gasteiger partial charge is 0.258 e. The van der Waals surface area contributed by atoms with Crippen molar-refractivity contribution in [2.45, 2.75) is 12.5 Å². The number of fused-ring (bicyclic) bond motifs is 1. The third-order valence-corrected chi connectivity index (χ3v) is 3.82. The average Bonchev–Trinajstić information content (AvgIpc) is 2.47. The van der Waals surface area contributed by atoms with Crippen LogP contribution in [0.5, 0.6) is 0 Å². The number of halogens is 2. The quantitative estimate of drug-likeness (QED) is 0.875. The molecule has 1 unspecified atom stereocenters. The van der Waals surface area contributed by atoms with Crippen molar-refractivity contribution in [3.05, 3.63) is 64.4 Å². The second kappa shape index (κ2) is 5.47. The first-order valence-corrected chi connectivity index (χ1v) is 6.99. The topological polar surface area (TPSA) is 40.5 Å². The number of carbonyl (C=O) groups is 1. The van der Waals surface area contributed by atoms with Crippen molar-refractivity contribution < 1.29 is 14.3 Å². The van der Waals surface area contributed by atoms with Crippen LogP contribution in [0.4, 0.5) is 10.1 Å². The van der Waals surface area contributed by atoms with Crippen LogP contribution in [0.1, 0.15) is 28.4 Å². The van der Waals surface area contributed by atoms with Crippen molar-refractivity contribution in [2.75, 3.05) is 11.4 Å². The SMILES string of the molecule is O=C(c1cccc(Cl)c1)N1CCC(O)c2cc(F)ccc21. The van der Waals surface area contributed by atoms with Crippen LogP contribution in [0, 0.1) is 5.82 Å². The zero-order chi connectivity index (χ0) is 15.0. The molecule has 5 heteroatoms. The van der Waals surface area contributed by atoms with E-state index in [0.717, 1.165) is 0 Å². The van der Waals surface area contributed by atoms with E-state index in [-0.39, 0.29) is 5.91 Å². The molecule has 0 saturated carbocycles. The highest BCUT2D eigenvalue weighted by molar-refractivity contribution is 6.31. The molecule has 1 atom stereocenters. The standard InChI is InChI=1S/C16H13ClFNO2/c17-11-3-1-2-10(8-11)16(21)19-7-6-15(20)13-9-12(18)4-5-14(13)19/h1-5,8-9,15,20H,6-7H2. The zero-order valence-electron chi connectivity index (χ0n) is 11.1. The van der Waals surface area contributed by atoms with Crippen LogP contribution in [-0.4, -0.2) is 17.6 Å². The molecule has 1 aliphatic heterocycles. The lowest BCUT2D eigenvalue weighted by molar-refractivity contribution is 0.0970. The van der Waals surface area contributed by atoms with Gasteiger partial charge in [-0.2, -0.15) is 0 Å². The summed E-state index contributed by atoms with van der Waals surface area (Å²) < 4.78 is 13.3. The van der Waals surface area contributed by atoms with E-state index in [0.29, 0.717) is 34.8 Å². The maximum Gasteiger partial charge on any atom is 0.258 e. The summed E-state index contributed by atoms with van der Waals surface area (Å²) in [5, 5.41) is 10.5. The highest BCUT2D eigenvalue weighted by Crippen LogP contribution is 2.35. The van der Waals surface area contributed by atoms with Gasteiger partial charge in [-0.3, -0.25) is 4.79 Å². The van der Waals surface area contributed by atoms with Crippen molar-refractivity contribution in [1.82, 2.24) is 0 Å². The van der Waals surface area contributed by atoms with Gasteiger partial charge < -0.3 is 10.0 Å². The number of benzene rings is 2. The van der Waals surface area contributed by atoms with Crippen molar-refractivity contribution in [3.8, 4) is 0 Å². The van der Waals surface area contributed by atoms with Gasteiger partial charge in [0.15, 0.2) is 0 Å². The third-order valence-electron chi connectivity index (χ3n) is 3.58. The Bertz CT molecular complexity index is 704. The lowest BCUT2D eigenvalue weighted by atomic mass is 9.98. The molecule has 0 fully saturated rings. The number of rotatable bonds is 1. The Hall–Kier alpha value is -1.91. The average molecular weight is 306 g/mol. The molecule has 0 spiro atoms. The molecule has 3 rings (SSSR count). The summed E-state index contributed by atoms with van der Waals surface area (Å²) in [4.78, 5) is 14.1. The Morgan fingerprint density at radius 1 is 1.29 bits per heavy atom. The van der Waals surface area contributed by atoms with Crippen LogP contribution < -0.4 is 4.90 Å². The van der Waals surface area contributed by atoms with Gasteiger partial charge in [0.2, 0.25) is 0 Å². The lowest BCUT2D eigenvalue weighted by Gasteiger charge is -2.32. The van der Waals surface area contributed by atoms with E-state index in [1.165, 1.54) is 18.2 Å². The zero-order valence-corrected chi connectivity index (χ0v) is 11.8. The molecular formula is C16H13ClFNO2. The molecule has 1 N–H and O–H groups in total. The summed E-state index contributed by atoms with van der Waals surface area (Å²) in [6.07, 6.45) is -0.373. The maximum atomic E-state index is 13.3. The molecule has 21 heavy (non-hydrogen) atoms. The van der Waals surface area contributed by atoms with Gasteiger partial charge in [0.1, 0.15) is 5.82 Å². The molecule has 3 nitrogen and oxygen atoms in total. The van der Waals surface area contributed by atoms with Crippen LogP contribution in [0.2, 0.25) is 5.02 Å². The monoisotopic (exact) mass is 305 g/mol. The highest BCUT2D eigenvalue weighted by Gasteiger charge is 2.28. The Morgan fingerprint density at radius 3 is 2.86 bits per heavy atom. The van der Waals surface area contributed by atoms with Crippen LogP contribution in [0.15, 0.2) is 42.5 Å². The number of aliphatic hydroxyl groups is 1. The molecule has 108 valence electrons. The molecule has 1 heterocycles. The van der Waals surface area contributed by atoms with E-state index >= 15 is 0 Å². The number of aliphatic hydroxyl groups excluding tert-OH is 1. The summed E-state index contributed by atoms with van der Waals surface area (Å²) in [7, 11) is 0. The molecular weight excluding hydrogens is 293 g/mol. The van der Waals surface area contributed by atoms with Crippen molar-refractivity contribution in [3.63, 3.8) is 0 Å². The molecule has 0 saturated heterocycles. The first-order chi connectivity index (χ1) is 10.1. The van der Waals surface area contributed by atoms with E-state index < -0.39 is 11.9 Å². The second-order valence-corrected chi connectivity index (χ2v) is 5.41. The highest BCUT2D eigenvalue weighted by atomic mass is 35.5. The summed E-state index contributed by atoms with van der Waals surface area (Å²) in [6, 6.07) is 10.8. The van der Waals surface area contributed by atoms with Gasteiger partial charge in [-0.15, -0.1) is 0 Å². The number of amides is 1. The lowest BCUT2D eigenvalue weighted by Crippen LogP contribution is -2.36. The van der Waals surface area contributed by atoms with Gasteiger partial charge in [-0.25, -0.2) is 4.39 Å². The Labute approximate surface area is 126 Å². The first kappa shape index (κ1) is 14.0. The first-order valence-electron chi connectivity index (χ1n) is 6.61. The Kier molecular flexibility index (Phi) is 3.66. The third kappa shape index (κ3) is 2.64. The van der Waals surface area contributed by atoms with Gasteiger partial charge in [0.25, 0.3) is 5.91 Å². The van der Waals surface area contributed by atoms with E-state index in [4.69, 9.17) is 11.6 Å². The predicted octanol–water partition coefficient (Wildman–Crippen LogP) is 3.56. The van der Waals surface area contributed by atoms with Gasteiger partial charge in [-0.05, 0) is 42.8 Å². The molecule has 1 aliphatic rings. The van der Waals surface area contributed by atoms with Crippen LogP contribution in [-0.2, 0) is 0 Å². The second-order valence-electron chi connectivity index (χ2n) is 4.97. The fraction of sp³-hybridized carbons (Fsp3) is 0.188. The van der Waals surface area contributed by atoms with Crippen molar-refractivity contribution >= 4 is 23.2 Å². The van der Waals surface area contributed by atoms with Gasteiger partial charge in [0, 0.05) is 28.4 Å². The molecule has 0 bridgehead atoms. The summed E-state index contributed by atoms with van der Waals surface area (Å²) in [5.74, 6) is -0.637. The van der Waals surface area contributed by atoms with Crippen molar-refractivity contribution in [2.24, 2.45) is 0 Å². The van der Waals surface area contributed by atoms with E-state index in [1.807, 2.05) is 0 Å². The summed E-state index contributed by atoms with van der Waals surface area (Å²) >= 11 is 5.91. The van der Waals surface area contributed by atoms with Crippen LogP contribution in [0.25, 0.3) is 0 Å². The fourth-order valence-electron chi connectivity index (χ4n) is 2.55. The molecule has 0 radical (unpaired) electrons. The number of anilines is 1. The van der Waals surface area contributed by atoms with Crippen molar-refractivity contribution in [1.29, 1.82) is 0 Å². The fourth-order valence-corrected chi connectivity index (χ4v) is 2.74. The predicted molar refractivity (Wildman–Crippen MR) is 79.1 cm³/mol. The normalized spacial score (nSPS) is 17.5. The van der Waals surface area contributed by atoms with Gasteiger partial charge in [0.05, 0.1) is 6.10 Å². The van der Waals surface area contributed by atoms with Gasteiger partial charge >= 0.3 is 0 Å². The number of carbonyl (C=O) groups excluding carboxylic acids is 1. The van der Waals surface area contributed by atoms with Gasteiger partial charge in [-0.1, -0.05) is 17.7 Å². The minimum absolute atomic E-state index is 0.211. The van der Waals surface area contributed by atoms with Crippen LogP contribution in [0.3, 0.4) is 0 Å². The largest absolute Gasteiger partial charge is 0.388 e. The molecule has 2 aromatic rings. The number of hydrogen-bond donors (Lipinski definition) is 1.